The third-order valence-corrected chi connectivity index (χ3v) is 3.95. The summed E-state index contributed by atoms with van der Waals surface area (Å²) in [5.41, 5.74) is 1.88. The minimum atomic E-state index is 0.927. The van der Waals surface area contributed by atoms with E-state index in [-0.39, 0.29) is 0 Å². The molecule has 3 heteroatoms. The molecule has 1 nitrogen and oxygen atoms in total. The molecule has 3 rings (SSSR count). The predicted molar refractivity (Wildman–Crippen MR) is 74.1 cm³/mol. The molecule has 2 aromatic carbocycles. The van der Waals surface area contributed by atoms with E-state index in [9.17, 15) is 0 Å². The topological polar surface area (TPSA) is 13.1 Å². The Morgan fingerprint density at radius 1 is 1.07 bits per heavy atom. The van der Waals surface area contributed by atoms with E-state index in [1.807, 2.05) is 24.3 Å². The van der Waals surface area contributed by atoms with Crippen molar-refractivity contribution in [3.63, 3.8) is 0 Å². The number of benzene rings is 2. The fourth-order valence-electron chi connectivity index (χ4n) is 1.77. The maximum Gasteiger partial charge on any atom is 0.149 e. The van der Waals surface area contributed by atoms with E-state index in [0.717, 1.165) is 15.6 Å². The summed E-state index contributed by atoms with van der Waals surface area (Å²) in [4.78, 5) is 0. The molecule has 0 atom stereocenters. The maximum absolute atomic E-state index is 5.81. The molecule has 0 unspecified atom stereocenters. The van der Waals surface area contributed by atoms with E-state index in [2.05, 4.69) is 50.7 Å². The Morgan fingerprint density at radius 2 is 1.87 bits per heavy atom. The first-order valence-corrected chi connectivity index (χ1v) is 6.40. The number of halogens is 2. The van der Waals surface area contributed by atoms with Gasteiger partial charge < -0.3 is 4.42 Å². The Kier molecular flexibility index (Phi) is 2.25. The lowest BCUT2D eigenvalue weighted by Gasteiger charge is -1.92. The number of para-hydroxylation sites is 1. The van der Waals surface area contributed by atoms with Gasteiger partial charge in [0.2, 0.25) is 0 Å². The van der Waals surface area contributed by atoms with Gasteiger partial charge >= 0.3 is 0 Å². The minimum absolute atomic E-state index is 0.927. The summed E-state index contributed by atoms with van der Waals surface area (Å²) in [5, 5.41) is 2.37. The second kappa shape index (κ2) is 3.49. The fourth-order valence-corrected chi connectivity index (χ4v) is 2.98. The second-order valence-electron chi connectivity index (χ2n) is 3.33. The predicted octanol–water partition coefficient (Wildman–Crippen LogP) is 4.95. The second-order valence-corrected chi connectivity index (χ2v) is 5.35. The first-order valence-electron chi connectivity index (χ1n) is 4.52. The van der Waals surface area contributed by atoms with Crippen LogP contribution in [0.3, 0.4) is 0 Å². The molecule has 15 heavy (non-hydrogen) atoms. The van der Waals surface area contributed by atoms with Crippen LogP contribution in [0.5, 0.6) is 0 Å². The molecule has 74 valence electrons. The molecule has 1 heterocycles. The zero-order chi connectivity index (χ0) is 10.4. The van der Waals surface area contributed by atoms with E-state index in [1.54, 1.807) is 0 Å². The average molecular weight is 373 g/mol. The van der Waals surface area contributed by atoms with Crippen molar-refractivity contribution in [3.8, 4) is 0 Å². The van der Waals surface area contributed by atoms with Crippen molar-refractivity contribution in [1.29, 1.82) is 0 Å². The highest BCUT2D eigenvalue weighted by molar-refractivity contribution is 14.1. The Hall–Kier alpha value is -0.550. The van der Waals surface area contributed by atoms with Gasteiger partial charge in [0.1, 0.15) is 11.2 Å². The normalized spacial score (nSPS) is 11.3. The summed E-state index contributed by atoms with van der Waals surface area (Å²) in [6.07, 6.45) is 0. The third kappa shape index (κ3) is 1.40. The average Bonchev–Trinajstić information content (AvgIpc) is 2.59. The van der Waals surface area contributed by atoms with Crippen LogP contribution in [-0.4, -0.2) is 0 Å². The van der Waals surface area contributed by atoms with Gasteiger partial charge in [0.25, 0.3) is 0 Å². The summed E-state index contributed by atoms with van der Waals surface area (Å²) in [5.74, 6) is 0. The largest absolute Gasteiger partial charge is 0.455 e. The van der Waals surface area contributed by atoms with Gasteiger partial charge in [0.15, 0.2) is 0 Å². The van der Waals surface area contributed by atoms with Crippen LogP contribution in [0.15, 0.2) is 45.3 Å². The number of fused-ring (bicyclic) bond motifs is 3. The summed E-state index contributed by atoms with van der Waals surface area (Å²) in [7, 11) is 0. The number of hydrogen-bond donors (Lipinski definition) is 0. The lowest BCUT2D eigenvalue weighted by molar-refractivity contribution is 0.666. The van der Waals surface area contributed by atoms with Gasteiger partial charge in [-0.3, -0.25) is 0 Å². The SMILES string of the molecule is Brc1cccc2c1oc1cccc(I)c12. The first kappa shape index (κ1) is 9.66. The molecule has 3 aromatic rings. The van der Waals surface area contributed by atoms with Gasteiger partial charge in [0.05, 0.1) is 4.47 Å². The molecule has 0 amide bonds. The van der Waals surface area contributed by atoms with Gasteiger partial charge in [-0.25, -0.2) is 0 Å². The van der Waals surface area contributed by atoms with Crippen molar-refractivity contribution in [2.45, 2.75) is 0 Å². The van der Waals surface area contributed by atoms with E-state index in [0.29, 0.717) is 0 Å². The molecule has 0 fully saturated rings. The lowest BCUT2D eigenvalue weighted by Crippen LogP contribution is -1.72. The molecule has 0 bridgehead atoms. The molecular formula is C12H6BrIO. The first-order chi connectivity index (χ1) is 7.27. The highest BCUT2D eigenvalue weighted by Crippen LogP contribution is 2.35. The van der Waals surface area contributed by atoms with Crippen LogP contribution in [0, 0.1) is 3.57 Å². The number of rotatable bonds is 0. The van der Waals surface area contributed by atoms with Crippen molar-refractivity contribution in [3.05, 3.63) is 44.4 Å². The Bertz CT molecular complexity index is 657. The van der Waals surface area contributed by atoms with Crippen molar-refractivity contribution in [2.75, 3.05) is 0 Å². The van der Waals surface area contributed by atoms with Crippen LogP contribution in [0.25, 0.3) is 21.9 Å². The summed E-state index contributed by atoms with van der Waals surface area (Å²) >= 11 is 5.84. The van der Waals surface area contributed by atoms with Crippen LogP contribution in [-0.2, 0) is 0 Å². The molecule has 0 aliphatic carbocycles. The molecule has 0 saturated heterocycles. The standard InChI is InChI=1S/C12H6BrIO/c13-8-4-1-3-7-11-9(14)5-2-6-10(11)15-12(7)8/h1-6H. The van der Waals surface area contributed by atoms with Gasteiger partial charge in [-0.05, 0) is 56.7 Å². The molecule has 1 aromatic heterocycles. The van der Waals surface area contributed by atoms with Crippen LogP contribution in [0.1, 0.15) is 0 Å². The molecule has 0 radical (unpaired) electrons. The van der Waals surface area contributed by atoms with Crippen LogP contribution >= 0.6 is 38.5 Å². The zero-order valence-corrected chi connectivity index (χ0v) is 11.4. The summed E-state index contributed by atoms with van der Waals surface area (Å²) in [6, 6.07) is 12.2. The number of furan rings is 1. The highest BCUT2D eigenvalue weighted by atomic mass is 127. The van der Waals surface area contributed by atoms with Crippen molar-refractivity contribution >= 4 is 60.5 Å². The maximum atomic E-state index is 5.81. The smallest absolute Gasteiger partial charge is 0.149 e. The zero-order valence-electron chi connectivity index (χ0n) is 7.63. The van der Waals surface area contributed by atoms with E-state index >= 15 is 0 Å². The monoisotopic (exact) mass is 372 g/mol. The molecule has 0 spiro atoms. The Labute approximate surface area is 109 Å². The van der Waals surface area contributed by atoms with Crippen LogP contribution in [0.4, 0.5) is 0 Å². The molecule has 0 aliphatic rings. The molecular weight excluding hydrogens is 367 g/mol. The van der Waals surface area contributed by atoms with E-state index in [4.69, 9.17) is 4.42 Å². The summed E-state index contributed by atoms with van der Waals surface area (Å²) < 4.78 is 8.04. The molecule has 0 N–H and O–H groups in total. The highest BCUT2D eigenvalue weighted by Gasteiger charge is 2.10. The fraction of sp³-hybridized carbons (Fsp3) is 0. The quantitative estimate of drug-likeness (QED) is 0.509. The van der Waals surface area contributed by atoms with Gasteiger partial charge in [-0.15, -0.1) is 0 Å². The van der Waals surface area contributed by atoms with Crippen molar-refractivity contribution in [2.24, 2.45) is 0 Å². The van der Waals surface area contributed by atoms with E-state index < -0.39 is 0 Å². The van der Waals surface area contributed by atoms with Gasteiger partial charge in [0, 0.05) is 14.3 Å². The van der Waals surface area contributed by atoms with Crippen molar-refractivity contribution in [1.82, 2.24) is 0 Å². The van der Waals surface area contributed by atoms with Gasteiger partial charge in [-0.1, -0.05) is 18.2 Å². The number of hydrogen-bond acceptors (Lipinski definition) is 1. The Balaban J connectivity index is 2.65. The van der Waals surface area contributed by atoms with Crippen LogP contribution in [0.2, 0.25) is 0 Å². The lowest BCUT2D eigenvalue weighted by atomic mass is 10.2. The molecule has 0 saturated carbocycles. The summed E-state index contributed by atoms with van der Waals surface area (Å²) in [6.45, 7) is 0. The van der Waals surface area contributed by atoms with Crippen LogP contribution < -0.4 is 0 Å². The third-order valence-electron chi connectivity index (χ3n) is 2.42. The van der Waals surface area contributed by atoms with E-state index in [1.165, 1.54) is 14.3 Å². The molecule has 0 aliphatic heterocycles. The van der Waals surface area contributed by atoms with Crippen molar-refractivity contribution < 1.29 is 4.42 Å². The Morgan fingerprint density at radius 3 is 2.73 bits per heavy atom. The van der Waals surface area contributed by atoms with Gasteiger partial charge in [-0.2, -0.15) is 0 Å². The minimum Gasteiger partial charge on any atom is -0.455 e.